The molecule has 1 aliphatic carbocycles. The Kier molecular flexibility index (Phi) is 5.69. The minimum Gasteiger partial charge on any atom is -0.481 e. The van der Waals surface area contributed by atoms with Gasteiger partial charge < -0.3 is 15.2 Å². The van der Waals surface area contributed by atoms with Crippen molar-refractivity contribution in [2.24, 2.45) is 7.05 Å². The maximum absolute atomic E-state index is 12.6. The SMILES string of the molecule is Cc1nn(C)c(Cl)c1[C@H](CC(=O)O)NC(=O)OCC1c2ccccc2-c2ccccc21. The Bertz CT molecular complexity index is 1110. The summed E-state index contributed by atoms with van der Waals surface area (Å²) in [5.74, 6) is -1.15. The molecule has 4 rings (SSSR count). The van der Waals surface area contributed by atoms with Crippen LogP contribution in [0.2, 0.25) is 5.15 Å². The van der Waals surface area contributed by atoms with Crippen molar-refractivity contribution in [1.82, 2.24) is 15.1 Å². The normalized spacial score (nSPS) is 13.4. The summed E-state index contributed by atoms with van der Waals surface area (Å²) in [5.41, 5.74) is 5.49. The molecular formula is C23H22ClN3O4. The number of carbonyl (C=O) groups excluding carboxylic acids is 1. The molecule has 0 saturated heterocycles. The Morgan fingerprint density at radius 3 is 2.26 bits per heavy atom. The van der Waals surface area contributed by atoms with E-state index in [9.17, 15) is 14.7 Å². The Morgan fingerprint density at radius 1 is 1.16 bits per heavy atom. The first kappa shape index (κ1) is 20.9. The first-order valence-electron chi connectivity index (χ1n) is 9.89. The van der Waals surface area contributed by atoms with Crippen molar-refractivity contribution in [2.75, 3.05) is 6.61 Å². The lowest BCUT2D eigenvalue weighted by molar-refractivity contribution is -0.137. The Labute approximate surface area is 184 Å². The number of nitrogens with one attached hydrogen (secondary N) is 1. The number of hydrogen-bond acceptors (Lipinski definition) is 4. The number of carbonyl (C=O) groups is 2. The molecule has 0 bridgehead atoms. The molecule has 160 valence electrons. The highest BCUT2D eigenvalue weighted by atomic mass is 35.5. The van der Waals surface area contributed by atoms with E-state index in [1.54, 1.807) is 14.0 Å². The second-order valence-corrected chi connectivity index (χ2v) is 7.89. The molecule has 7 nitrogen and oxygen atoms in total. The van der Waals surface area contributed by atoms with E-state index in [0.29, 0.717) is 11.3 Å². The topological polar surface area (TPSA) is 93.5 Å². The summed E-state index contributed by atoms with van der Waals surface area (Å²) in [4.78, 5) is 24.0. The molecule has 1 aromatic heterocycles. The first-order chi connectivity index (χ1) is 14.9. The van der Waals surface area contributed by atoms with Gasteiger partial charge in [0.05, 0.1) is 18.2 Å². The van der Waals surface area contributed by atoms with Gasteiger partial charge >= 0.3 is 12.1 Å². The number of ether oxygens (including phenoxy) is 1. The van der Waals surface area contributed by atoms with Gasteiger partial charge in [-0.2, -0.15) is 5.10 Å². The van der Waals surface area contributed by atoms with Gasteiger partial charge in [-0.3, -0.25) is 9.48 Å². The van der Waals surface area contributed by atoms with Crippen molar-refractivity contribution < 1.29 is 19.4 Å². The molecule has 2 aromatic carbocycles. The van der Waals surface area contributed by atoms with Gasteiger partial charge in [-0.1, -0.05) is 60.1 Å². The van der Waals surface area contributed by atoms with Crippen LogP contribution >= 0.6 is 11.6 Å². The van der Waals surface area contributed by atoms with Crippen molar-refractivity contribution in [2.45, 2.75) is 25.3 Å². The lowest BCUT2D eigenvalue weighted by Crippen LogP contribution is -2.32. The lowest BCUT2D eigenvalue weighted by atomic mass is 9.98. The van der Waals surface area contributed by atoms with Crippen molar-refractivity contribution in [3.05, 3.63) is 76.1 Å². The van der Waals surface area contributed by atoms with Crippen LogP contribution in [0.5, 0.6) is 0 Å². The maximum Gasteiger partial charge on any atom is 0.407 e. The van der Waals surface area contributed by atoms with E-state index < -0.39 is 18.1 Å². The average molecular weight is 440 g/mol. The highest BCUT2D eigenvalue weighted by molar-refractivity contribution is 6.30. The number of rotatable bonds is 6. The van der Waals surface area contributed by atoms with Gasteiger partial charge in [0.25, 0.3) is 0 Å². The van der Waals surface area contributed by atoms with Crippen LogP contribution in [-0.4, -0.2) is 33.6 Å². The van der Waals surface area contributed by atoms with Crippen molar-refractivity contribution in [3.8, 4) is 11.1 Å². The summed E-state index contributed by atoms with van der Waals surface area (Å²) in [5, 5.41) is 16.4. The third-order valence-corrected chi connectivity index (χ3v) is 6.01. The van der Waals surface area contributed by atoms with Crippen molar-refractivity contribution in [1.29, 1.82) is 0 Å². The van der Waals surface area contributed by atoms with Crippen LogP contribution in [-0.2, 0) is 16.6 Å². The standard InChI is InChI=1S/C23H22ClN3O4/c1-13-21(22(24)27(2)26-13)19(11-20(28)29)25-23(30)31-12-18-16-9-5-3-7-14(16)15-8-4-6-10-17(15)18/h3-10,18-19H,11-12H2,1-2H3,(H,25,30)(H,28,29)/t19-/m0/s1. The molecule has 8 heteroatoms. The third-order valence-electron chi connectivity index (χ3n) is 5.56. The molecule has 3 aromatic rings. The van der Waals surface area contributed by atoms with E-state index in [1.165, 1.54) is 4.68 Å². The number of amides is 1. The number of nitrogens with zero attached hydrogens (tertiary/aromatic N) is 2. The second-order valence-electron chi connectivity index (χ2n) is 7.53. The molecule has 1 amide bonds. The molecule has 0 spiro atoms. The summed E-state index contributed by atoms with van der Waals surface area (Å²) in [6.07, 6.45) is -1.04. The smallest absolute Gasteiger partial charge is 0.407 e. The maximum atomic E-state index is 12.6. The molecule has 0 unspecified atom stereocenters. The Morgan fingerprint density at radius 2 is 1.74 bits per heavy atom. The largest absolute Gasteiger partial charge is 0.481 e. The number of hydrogen-bond donors (Lipinski definition) is 2. The fraction of sp³-hybridized carbons (Fsp3) is 0.261. The lowest BCUT2D eigenvalue weighted by Gasteiger charge is -2.19. The number of benzene rings is 2. The van der Waals surface area contributed by atoms with Gasteiger partial charge in [0.15, 0.2) is 0 Å². The highest BCUT2D eigenvalue weighted by Crippen LogP contribution is 2.44. The van der Waals surface area contributed by atoms with Crippen molar-refractivity contribution in [3.63, 3.8) is 0 Å². The molecule has 2 N–H and O–H groups in total. The van der Waals surface area contributed by atoms with E-state index in [1.807, 2.05) is 36.4 Å². The minimum absolute atomic E-state index is 0.0835. The molecule has 31 heavy (non-hydrogen) atoms. The Balaban J connectivity index is 1.51. The van der Waals surface area contributed by atoms with E-state index in [0.717, 1.165) is 22.3 Å². The summed E-state index contributed by atoms with van der Waals surface area (Å²) >= 11 is 6.28. The van der Waals surface area contributed by atoms with Crippen LogP contribution in [0.4, 0.5) is 4.79 Å². The average Bonchev–Trinajstić information content (AvgIpc) is 3.19. The van der Waals surface area contributed by atoms with E-state index in [2.05, 4.69) is 22.5 Å². The van der Waals surface area contributed by atoms with Gasteiger partial charge in [-0.05, 0) is 29.2 Å². The predicted octanol–water partition coefficient (Wildman–Crippen LogP) is 4.44. The number of halogens is 1. The number of aliphatic carboxylic acids is 1. The number of alkyl carbamates (subject to hydrolysis) is 1. The second kappa shape index (κ2) is 8.43. The molecule has 1 atom stereocenters. The summed E-state index contributed by atoms with van der Waals surface area (Å²) in [6, 6.07) is 15.2. The number of aryl methyl sites for hydroxylation is 2. The van der Waals surface area contributed by atoms with E-state index in [-0.39, 0.29) is 24.1 Å². The van der Waals surface area contributed by atoms with Crippen LogP contribution < -0.4 is 5.32 Å². The minimum atomic E-state index is -1.07. The quantitative estimate of drug-likeness (QED) is 0.592. The van der Waals surface area contributed by atoms with Crippen LogP contribution in [0.3, 0.4) is 0 Å². The van der Waals surface area contributed by atoms with E-state index >= 15 is 0 Å². The number of carboxylic acid groups (broad SMARTS) is 1. The molecule has 0 aliphatic heterocycles. The first-order valence-corrected chi connectivity index (χ1v) is 10.3. The fourth-order valence-corrected chi connectivity index (χ4v) is 4.53. The summed E-state index contributed by atoms with van der Waals surface area (Å²) in [6.45, 7) is 1.86. The molecule has 0 radical (unpaired) electrons. The fourth-order valence-electron chi connectivity index (χ4n) is 4.22. The highest BCUT2D eigenvalue weighted by Gasteiger charge is 2.30. The monoisotopic (exact) mass is 439 g/mol. The zero-order valence-electron chi connectivity index (χ0n) is 17.1. The number of fused-ring (bicyclic) bond motifs is 3. The van der Waals surface area contributed by atoms with Gasteiger partial charge in [0.1, 0.15) is 11.8 Å². The molecule has 0 saturated carbocycles. The van der Waals surface area contributed by atoms with Gasteiger partial charge in [0, 0.05) is 18.5 Å². The predicted molar refractivity (Wildman–Crippen MR) is 116 cm³/mol. The zero-order valence-corrected chi connectivity index (χ0v) is 17.9. The number of carboxylic acids is 1. The van der Waals surface area contributed by atoms with Crippen LogP contribution in [0.1, 0.15) is 40.8 Å². The molecule has 1 aliphatic rings. The van der Waals surface area contributed by atoms with Gasteiger partial charge in [-0.15, -0.1) is 0 Å². The number of aromatic nitrogens is 2. The zero-order chi connectivity index (χ0) is 22.1. The van der Waals surface area contributed by atoms with Crippen LogP contribution in [0.15, 0.2) is 48.5 Å². The molecule has 0 fully saturated rings. The molecule has 1 heterocycles. The van der Waals surface area contributed by atoms with E-state index in [4.69, 9.17) is 16.3 Å². The third kappa shape index (κ3) is 4.01. The van der Waals surface area contributed by atoms with Crippen LogP contribution in [0, 0.1) is 6.92 Å². The van der Waals surface area contributed by atoms with Crippen LogP contribution in [0.25, 0.3) is 11.1 Å². The Hall–Kier alpha value is -3.32. The summed E-state index contributed by atoms with van der Waals surface area (Å²) in [7, 11) is 1.66. The van der Waals surface area contributed by atoms with Crippen molar-refractivity contribution >= 4 is 23.7 Å². The summed E-state index contributed by atoms with van der Waals surface area (Å²) < 4.78 is 6.99. The van der Waals surface area contributed by atoms with Gasteiger partial charge in [0.2, 0.25) is 0 Å². The van der Waals surface area contributed by atoms with Gasteiger partial charge in [-0.25, -0.2) is 4.79 Å². The molecular weight excluding hydrogens is 418 g/mol.